The first kappa shape index (κ1) is 13.4. The Morgan fingerprint density at radius 3 is 2.43 bits per heavy atom. The number of carbonyl (C=O) groups excluding carboxylic acids is 1. The van der Waals surface area contributed by atoms with Gasteiger partial charge in [-0.3, -0.25) is 9.63 Å². The number of hydrogen-bond acceptors (Lipinski definition) is 3. The van der Waals surface area contributed by atoms with E-state index in [9.17, 15) is 4.79 Å². The molecule has 0 rings (SSSR count). The van der Waals surface area contributed by atoms with Gasteiger partial charge in [0.2, 0.25) is 5.91 Å². The average Bonchev–Trinajstić information content (AvgIpc) is 2.09. The van der Waals surface area contributed by atoms with E-state index in [-0.39, 0.29) is 17.6 Å². The van der Waals surface area contributed by atoms with Gasteiger partial charge in [0.1, 0.15) is 0 Å². The number of hydrogen-bond donors (Lipinski definition) is 1. The zero-order valence-corrected chi connectivity index (χ0v) is 9.72. The van der Waals surface area contributed by atoms with Crippen molar-refractivity contribution in [1.29, 1.82) is 0 Å². The van der Waals surface area contributed by atoms with E-state index in [1.165, 1.54) is 0 Å². The standard InChI is InChI=1S/C10H21NO3/c1-8(13-5)6-7-9(12)11-14-10(2,3)4/h8H,6-7H2,1-5H3,(H,11,12). The summed E-state index contributed by atoms with van der Waals surface area (Å²) in [6.07, 6.45) is 1.23. The molecule has 1 unspecified atom stereocenters. The second-order valence-corrected chi connectivity index (χ2v) is 4.32. The van der Waals surface area contributed by atoms with E-state index in [2.05, 4.69) is 5.48 Å². The normalized spacial score (nSPS) is 13.8. The molecule has 0 aliphatic rings. The Balaban J connectivity index is 3.57. The molecule has 84 valence electrons. The van der Waals surface area contributed by atoms with Crippen molar-refractivity contribution < 1.29 is 14.4 Å². The molecule has 0 radical (unpaired) electrons. The molecule has 1 atom stereocenters. The van der Waals surface area contributed by atoms with E-state index in [0.29, 0.717) is 12.8 Å². The lowest BCUT2D eigenvalue weighted by Crippen LogP contribution is -2.33. The minimum absolute atomic E-state index is 0.107. The molecule has 0 spiro atoms. The van der Waals surface area contributed by atoms with Crippen LogP contribution in [0.1, 0.15) is 40.5 Å². The highest BCUT2D eigenvalue weighted by molar-refractivity contribution is 5.74. The van der Waals surface area contributed by atoms with Crippen molar-refractivity contribution in [2.45, 2.75) is 52.2 Å². The predicted molar refractivity (Wildman–Crippen MR) is 54.7 cm³/mol. The van der Waals surface area contributed by atoms with Gasteiger partial charge in [0.05, 0.1) is 11.7 Å². The largest absolute Gasteiger partial charge is 0.382 e. The zero-order chi connectivity index (χ0) is 11.2. The van der Waals surface area contributed by atoms with Crippen molar-refractivity contribution in [3.8, 4) is 0 Å². The maximum atomic E-state index is 11.2. The smallest absolute Gasteiger partial charge is 0.243 e. The number of hydroxylamine groups is 1. The van der Waals surface area contributed by atoms with Crippen LogP contribution in [0.25, 0.3) is 0 Å². The van der Waals surface area contributed by atoms with E-state index >= 15 is 0 Å². The lowest BCUT2D eigenvalue weighted by Gasteiger charge is -2.19. The van der Waals surface area contributed by atoms with Gasteiger partial charge in [0, 0.05) is 13.5 Å². The molecule has 0 saturated carbocycles. The molecule has 0 aromatic carbocycles. The van der Waals surface area contributed by atoms with Crippen LogP contribution in [0.15, 0.2) is 0 Å². The monoisotopic (exact) mass is 203 g/mol. The fourth-order valence-corrected chi connectivity index (χ4v) is 0.713. The Hall–Kier alpha value is -0.610. The SMILES string of the molecule is COC(C)CCC(=O)NOC(C)(C)C. The van der Waals surface area contributed by atoms with Gasteiger partial charge in [-0.1, -0.05) is 0 Å². The van der Waals surface area contributed by atoms with Crippen molar-refractivity contribution in [2.24, 2.45) is 0 Å². The van der Waals surface area contributed by atoms with Gasteiger partial charge in [-0.2, -0.15) is 0 Å². The summed E-state index contributed by atoms with van der Waals surface area (Å²) in [6.45, 7) is 7.57. The van der Waals surface area contributed by atoms with Gasteiger partial charge < -0.3 is 4.74 Å². The molecule has 4 heteroatoms. The molecule has 0 heterocycles. The van der Waals surface area contributed by atoms with Gasteiger partial charge in [0.25, 0.3) is 0 Å². The molecule has 0 aliphatic heterocycles. The Morgan fingerprint density at radius 2 is 2.00 bits per heavy atom. The maximum absolute atomic E-state index is 11.2. The number of methoxy groups -OCH3 is 1. The van der Waals surface area contributed by atoms with Crippen LogP contribution in [0.5, 0.6) is 0 Å². The third-order valence-corrected chi connectivity index (χ3v) is 1.65. The molecule has 0 saturated heterocycles. The molecule has 1 amide bonds. The van der Waals surface area contributed by atoms with Crippen LogP contribution in [0, 0.1) is 0 Å². The Bertz CT molecular complexity index is 175. The molecular weight excluding hydrogens is 182 g/mol. The summed E-state index contributed by atoms with van der Waals surface area (Å²) in [5, 5.41) is 0. The van der Waals surface area contributed by atoms with E-state index in [0.717, 1.165) is 0 Å². The first-order chi connectivity index (χ1) is 6.35. The number of amides is 1. The molecule has 14 heavy (non-hydrogen) atoms. The van der Waals surface area contributed by atoms with Gasteiger partial charge >= 0.3 is 0 Å². The highest BCUT2D eigenvalue weighted by atomic mass is 16.7. The summed E-state index contributed by atoms with van der Waals surface area (Å²) < 4.78 is 5.03. The van der Waals surface area contributed by atoms with Crippen LogP contribution >= 0.6 is 0 Å². The van der Waals surface area contributed by atoms with Crippen LogP contribution in [0.3, 0.4) is 0 Å². The van der Waals surface area contributed by atoms with Crippen molar-refractivity contribution >= 4 is 5.91 Å². The third kappa shape index (κ3) is 8.01. The highest BCUT2D eigenvalue weighted by Crippen LogP contribution is 2.05. The molecule has 1 N–H and O–H groups in total. The number of rotatable bonds is 5. The van der Waals surface area contributed by atoms with Crippen LogP contribution in [-0.2, 0) is 14.4 Å². The molecule has 0 bridgehead atoms. The van der Waals surface area contributed by atoms with Gasteiger partial charge in [-0.25, -0.2) is 5.48 Å². The first-order valence-corrected chi connectivity index (χ1v) is 4.85. The summed E-state index contributed by atoms with van der Waals surface area (Å²) in [5.41, 5.74) is 2.06. The van der Waals surface area contributed by atoms with Crippen molar-refractivity contribution in [2.75, 3.05) is 7.11 Å². The highest BCUT2D eigenvalue weighted by Gasteiger charge is 2.13. The molecule has 4 nitrogen and oxygen atoms in total. The van der Waals surface area contributed by atoms with Crippen molar-refractivity contribution in [1.82, 2.24) is 5.48 Å². The maximum Gasteiger partial charge on any atom is 0.243 e. The summed E-state index contributed by atoms with van der Waals surface area (Å²) in [6, 6.07) is 0. The second kappa shape index (κ2) is 5.98. The van der Waals surface area contributed by atoms with E-state index in [1.807, 2.05) is 27.7 Å². The summed E-state index contributed by atoms with van der Waals surface area (Å²) in [7, 11) is 1.63. The quantitative estimate of drug-likeness (QED) is 0.691. The van der Waals surface area contributed by atoms with Crippen molar-refractivity contribution in [3.05, 3.63) is 0 Å². The van der Waals surface area contributed by atoms with Gasteiger partial charge in [-0.15, -0.1) is 0 Å². The second-order valence-electron chi connectivity index (χ2n) is 4.32. The van der Waals surface area contributed by atoms with Crippen molar-refractivity contribution in [3.63, 3.8) is 0 Å². The average molecular weight is 203 g/mol. The Kier molecular flexibility index (Phi) is 5.72. The van der Waals surface area contributed by atoms with Crippen LogP contribution < -0.4 is 5.48 Å². The van der Waals surface area contributed by atoms with Gasteiger partial charge in [-0.05, 0) is 34.1 Å². The fraction of sp³-hybridized carbons (Fsp3) is 0.900. The fourth-order valence-electron chi connectivity index (χ4n) is 0.713. The van der Waals surface area contributed by atoms with Crippen LogP contribution in [0.4, 0.5) is 0 Å². The first-order valence-electron chi connectivity index (χ1n) is 4.85. The molecular formula is C10H21NO3. The van der Waals surface area contributed by atoms with E-state index < -0.39 is 0 Å². The summed E-state index contributed by atoms with van der Waals surface area (Å²) in [4.78, 5) is 16.3. The van der Waals surface area contributed by atoms with Gasteiger partial charge in [0.15, 0.2) is 0 Å². The number of carbonyl (C=O) groups is 1. The molecule has 0 aromatic heterocycles. The molecule has 0 aromatic rings. The Labute approximate surface area is 85.9 Å². The molecule has 0 fully saturated rings. The minimum atomic E-state index is -0.345. The number of ether oxygens (including phenoxy) is 1. The zero-order valence-electron chi connectivity index (χ0n) is 9.72. The van der Waals surface area contributed by atoms with E-state index in [4.69, 9.17) is 9.57 Å². The Morgan fingerprint density at radius 1 is 1.43 bits per heavy atom. The third-order valence-electron chi connectivity index (χ3n) is 1.65. The summed E-state index contributed by atoms with van der Waals surface area (Å²) in [5.74, 6) is -0.108. The number of nitrogens with one attached hydrogen (secondary N) is 1. The molecule has 0 aliphatic carbocycles. The summed E-state index contributed by atoms with van der Waals surface area (Å²) >= 11 is 0. The lowest BCUT2D eigenvalue weighted by atomic mass is 10.2. The topological polar surface area (TPSA) is 47.6 Å². The van der Waals surface area contributed by atoms with E-state index in [1.54, 1.807) is 7.11 Å². The van der Waals surface area contributed by atoms with Crippen LogP contribution in [0.2, 0.25) is 0 Å². The van der Waals surface area contributed by atoms with Crippen LogP contribution in [-0.4, -0.2) is 24.7 Å². The minimum Gasteiger partial charge on any atom is -0.382 e. The predicted octanol–water partition coefficient (Wildman–Crippen LogP) is 1.65. The lowest BCUT2D eigenvalue weighted by molar-refractivity contribution is -0.146.